The number of ether oxygens (including phenoxy) is 2. The van der Waals surface area contributed by atoms with Gasteiger partial charge in [-0.15, -0.1) is 0 Å². The van der Waals surface area contributed by atoms with Crippen LogP contribution in [-0.2, 0) is 27.2 Å². The number of aliphatic hydroxyl groups is 1. The van der Waals surface area contributed by atoms with Crippen LogP contribution in [-0.4, -0.2) is 35.4 Å². The lowest BCUT2D eigenvalue weighted by Gasteiger charge is -2.05. The van der Waals surface area contributed by atoms with Gasteiger partial charge in [-0.25, -0.2) is 9.59 Å². The first kappa shape index (κ1) is 40.3. The highest BCUT2D eigenvalue weighted by molar-refractivity contribution is 5.91. The van der Waals surface area contributed by atoms with Crippen LogP contribution in [0.15, 0.2) is 146 Å². The van der Waals surface area contributed by atoms with Gasteiger partial charge in [0, 0.05) is 40.0 Å². The number of aromatic hydroxyl groups is 1. The molecule has 0 aliphatic rings. The lowest BCUT2D eigenvalue weighted by Crippen LogP contribution is -2.07. The monoisotopic (exact) mass is 740 g/mol. The third-order valence-corrected chi connectivity index (χ3v) is 8.62. The highest BCUT2D eigenvalue weighted by Gasteiger charge is 2.07. The summed E-state index contributed by atoms with van der Waals surface area (Å²) in [6.07, 6.45) is 3.26. The summed E-state index contributed by atoms with van der Waals surface area (Å²) in [5.74, 6) is 12.7. The second kappa shape index (κ2) is 20.0. The molecule has 0 amide bonds. The highest BCUT2D eigenvalue weighted by atomic mass is 16.5. The van der Waals surface area contributed by atoms with E-state index in [1.807, 2.05) is 91.0 Å². The highest BCUT2D eigenvalue weighted by Crippen LogP contribution is 2.23. The van der Waals surface area contributed by atoms with Crippen LogP contribution in [0, 0.1) is 23.7 Å². The molecule has 0 atom stereocenters. The Hall–Kier alpha value is -6.86. The van der Waals surface area contributed by atoms with Gasteiger partial charge in [-0.2, -0.15) is 0 Å². The third kappa shape index (κ3) is 12.4. The molecule has 6 aromatic carbocycles. The summed E-state index contributed by atoms with van der Waals surface area (Å²) in [5, 5.41) is 22.4. The predicted octanol–water partition coefficient (Wildman–Crippen LogP) is 9.64. The van der Waals surface area contributed by atoms with Gasteiger partial charge in [0.1, 0.15) is 11.5 Å². The second-order valence-electron chi connectivity index (χ2n) is 13.4. The molecule has 0 aromatic heterocycles. The molecule has 6 heteroatoms. The van der Waals surface area contributed by atoms with Crippen molar-refractivity contribution in [3.8, 4) is 35.2 Å². The lowest BCUT2D eigenvalue weighted by molar-refractivity contribution is -0.139. The van der Waals surface area contributed by atoms with E-state index in [1.165, 1.54) is 11.1 Å². The van der Waals surface area contributed by atoms with Crippen LogP contribution in [0.3, 0.4) is 0 Å². The molecule has 0 unspecified atom stereocenters. The summed E-state index contributed by atoms with van der Waals surface area (Å²) in [4.78, 5) is 23.1. The Kier molecular flexibility index (Phi) is 14.4. The molecule has 0 bridgehead atoms. The van der Waals surface area contributed by atoms with Crippen molar-refractivity contribution in [2.24, 2.45) is 0 Å². The maximum absolute atomic E-state index is 11.7. The molecule has 280 valence electrons. The average Bonchev–Trinajstić information content (AvgIpc) is 3.20. The van der Waals surface area contributed by atoms with Crippen molar-refractivity contribution < 1.29 is 29.3 Å². The van der Waals surface area contributed by atoms with Gasteiger partial charge in [-0.3, -0.25) is 0 Å². The second-order valence-corrected chi connectivity index (χ2v) is 13.4. The number of fused-ring (bicyclic) bond motifs is 2. The van der Waals surface area contributed by atoms with Gasteiger partial charge >= 0.3 is 11.9 Å². The van der Waals surface area contributed by atoms with Gasteiger partial charge in [0.25, 0.3) is 0 Å². The number of phenolic OH excluding ortho intramolecular Hbond substituents is 1. The standard InChI is InChI=1S/C29H26O4.C21H18O2/c1-20(2)28(30)32-17-5-6-22-7-9-23(10-8-22)11-12-24-13-14-26-19-27(16-15-25(26)18-24)33-29(31)21(3)4;22-13-1-2-16-3-5-17(6-4-16)7-8-18-9-10-20-15-21(23)12-11-19(20)14-18/h7-10,13-16,18-19H,1,3,5-6,17H2,2,4H3;3-6,9-12,14-15,22-23H,1-2,13H2. The summed E-state index contributed by atoms with van der Waals surface area (Å²) in [7, 11) is 0. The Morgan fingerprint density at radius 3 is 1.54 bits per heavy atom. The summed E-state index contributed by atoms with van der Waals surface area (Å²) in [5.41, 5.74) is 6.91. The van der Waals surface area contributed by atoms with Gasteiger partial charge in [-0.1, -0.05) is 85.4 Å². The number of carbonyl (C=O) groups is 2. The number of hydrogen-bond donors (Lipinski definition) is 2. The fourth-order valence-electron chi connectivity index (χ4n) is 5.52. The molecule has 0 saturated heterocycles. The molecular weight excluding hydrogens is 697 g/mol. The fraction of sp³-hybridized carbons (Fsp3) is 0.160. The zero-order chi connectivity index (χ0) is 39.9. The van der Waals surface area contributed by atoms with Crippen molar-refractivity contribution in [2.45, 2.75) is 39.5 Å². The van der Waals surface area contributed by atoms with Crippen LogP contribution >= 0.6 is 0 Å². The summed E-state index contributed by atoms with van der Waals surface area (Å²) < 4.78 is 10.4. The van der Waals surface area contributed by atoms with Crippen LogP contribution in [0.1, 0.15) is 60.1 Å². The van der Waals surface area contributed by atoms with Crippen molar-refractivity contribution in [1.29, 1.82) is 0 Å². The minimum atomic E-state index is -0.436. The number of rotatable bonds is 10. The Labute approximate surface area is 328 Å². The molecule has 6 rings (SSSR count). The summed E-state index contributed by atoms with van der Waals surface area (Å²) >= 11 is 0. The first-order valence-electron chi connectivity index (χ1n) is 18.4. The number of hydrogen-bond acceptors (Lipinski definition) is 6. The first-order chi connectivity index (χ1) is 27.1. The van der Waals surface area contributed by atoms with Crippen LogP contribution in [0.4, 0.5) is 0 Å². The zero-order valence-electron chi connectivity index (χ0n) is 31.7. The van der Waals surface area contributed by atoms with Crippen molar-refractivity contribution in [2.75, 3.05) is 13.2 Å². The Bertz CT molecular complexity index is 2490. The number of aliphatic hydroxyl groups excluding tert-OH is 1. The molecule has 0 fully saturated rings. The zero-order valence-corrected chi connectivity index (χ0v) is 31.7. The number of benzene rings is 6. The van der Waals surface area contributed by atoms with E-state index in [0.717, 1.165) is 69.5 Å². The summed E-state index contributed by atoms with van der Waals surface area (Å²) in [6, 6.07) is 38.9. The predicted molar refractivity (Wildman–Crippen MR) is 224 cm³/mol. The van der Waals surface area contributed by atoms with Crippen LogP contribution in [0.2, 0.25) is 0 Å². The van der Waals surface area contributed by atoms with Crippen molar-refractivity contribution in [3.63, 3.8) is 0 Å². The number of phenols is 1. The molecule has 0 radical (unpaired) electrons. The fourth-order valence-corrected chi connectivity index (χ4v) is 5.52. The van der Waals surface area contributed by atoms with Crippen LogP contribution < -0.4 is 4.74 Å². The lowest BCUT2D eigenvalue weighted by atomic mass is 10.1. The van der Waals surface area contributed by atoms with E-state index in [2.05, 4.69) is 49.0 Å². The van der Waals surface area contributed by atoms with Gasteiger partial charge in [-0.05, 0) is 145 Å². The molecule has 0 aliphatic heterocycles. The smallest absolute Gasteiger partial charge is 0.338 e. The third-order valence-electron chi connectivity index (χ3n) is 8.62. The maximum atomic E-state index is 11.7. The molecule has 56 heavy (non-hydrogen) atoms. The van der Waals surface area contributed by atoms with E-state index in [9.17, 15) is 14.7 Å². The molecule has 0 spiro atoms. The SMILES string of the molecule is C=C(C)C(=O)OCCCc1ccc(C#Cc2ccc3cc(OC(=O)C(=C)C)ccc3c2)cc1.OCCCc1ccc(C#Cc2ccc3cc(O)ccc3c2)cc1. The molecule has 2 N–H and O–H groups in total. The van der Waals surface area contributed by atoms with Crippen molar-refractivity contribution in [1.82, 2.24) is 0 Å². The molecule has 0 aliphatic carbocycles. The number of carbonyl (C=O) groups excluding carboxylic acids is 2. The quantitative estimate of drug-likeness (QED) is 0.0478. The van der Waals surface area contributed by atoms with Crippen molar-refractivity contribution >= 4 is 33.5 Å². The van der Waals surface area contributed by atoms with E-state index in [0.29, 0.717) is 23.5 Å². The maximum Gasteiger partial charge on any atom is 0.338 e. The number of esters is 2. The van der Waals surface area contributed by atoms with Gasteiger partial charge in [0.05, 0.1) is 6.61 Å². The Morgan fingerprint density at radius 2 is 1.00 bits per heavy atom. The van der Waals surface area contributed by atoms with Gasteiger partial charge < -0.3 is 19.7 Å². The minimum absolute atomic E-state index is 0.224. The van der Waals surface area contributed by atoms with Crippen LogP contribution in [0.25, 0.3) is 21.5 Å². The molecule has 0 saturated carbocycles. The van der Waals surface area contributed by atoms with E-state index in [4.69, 9.17) is 14.6 Å². The van der Waals surface area contributed by atoms with E-state index >= 15 is 0 Å². The van der Waals surface area contributed by atoms with E-state index in [1.54, 1.807) is 32.0 Å². The van der Waals surface area contributed by atoms with Crippen LogP contribution in [0.5, 0.6) is 11.5 Å². The van der Waals surface area contributed by atoms with Gasteiger partial charge in [0.15, 0.2) is 0 Å². The Balaban J connectivity index is 0.000000228. The minimum Gasteiger partial charge on any atom is -0.508 e. The number of aryl methyl sites for hydroxylation is 2. The van der Waals surface area contributed by atoms with E-state index in [-0.39, 0.29) is 18.3 Å². The first-order valence-corrected chi connectivity index (χ1v) is 18.4. The van der Waals surface area contributed by atoms with E-state index < -0.39 is 5.97 Å². The topological polar surface area (TPSA) is 93.1 Å². The molecule has 0 heterocycles. The Morgan fingerprint density at radius 1 is 0.554 bits per heavy atom. The average molecular weight is 741 g/mol. The van der Waals surface area contributed by atoms with Crippen molar-refractivity contribution in [3.05, 3.63) is 179 Å². The normalized spacial score (nSPS) is 10.2. The largest absolute Gasteiger partial charge is 0.508 e. The van der Waals surface area contributed by atoms with Gasteiger partial charge in [0.2, 0.25) is 0 Å². The molecule has 6 aromatic rings. The molecule has 6 nitrogen and oxygen atoms in total. The molecular formula is C50H44O6. The summed E-state index contributed by atoms with van der Waals surface area (Å²) in [6.45, 7) is 11.0.